The molecule has 1 unspecified atom stereocenters. The molecular weight excluding hydrogens is 361 g/mol. The van der Waals surface area contributed by atoms with E-state index in [-0.39, 0.29) is 17.3 Å². The van der Waals surface area contributed by atoms with Gasteiger partial charge in [0.2, 0.25) is 5.91 Å². The smallest absolute Gasteiger partial charge is 0.229 e. The van der Waals surface area contributed by atoms with Crippen LogP contribution in [0.4, 0.5) is 4.39 Å². The lowest BCUT2D eigenvalue weighted by Gasteiger charge is -2.57. The lowest BCUT2D eigenvalue weighted by Crippen LogP contribution is -2.56. The van der Waals surface area contributed by atoms with Crippen molar-refractivity contribution in [2.24, 2.45) is 23.2 Å². The van der Waals surface area contributed by atoms with Gasteiger partial charge in [-0.2, -0.15) is 0 Å². The molecule has 4 fully saturated rings. The topological polar surface area (TPSA) is 20.3 Å². The maximum absolute atomic E-state index is 14.9. The van der Waals surface area contributed by atoms with Gasteiger partial charge in [0.25, 0.3) is 0 Å². The third-order valence-electron chi connectivity index (χ3n) is 8.24. The van der Waals surface area contributed by atoms with E-state index in [9.17, 15) is 9.18 Å². The van der Waals surface area contributed by atoms with Gasteiger partial charge in [-0.15, -0.1) is 0 Å². The number of hydrogen-bond donors (Lipinski definition) is 0. The highest BCUT2D eigenvalue weighted by molar-refractivity contribution is 5.84. The van der Waals surface area contributed by atoms with Crippen LogP contribution >= 0.6 is 0 Å². The van der Waals surface area contributed by atoms with Gasteiger partial charge in [-0.25, -0.2) is 4.39 Å². The molecule has 0 saturated heterocycles. The maximum atomic E-state index is 14.9. The van der Waals surface area contributed by atoms with Gasteiger partial charge in [0, 0.05) is 12.1 Å². The Bertz CT molecular complexity index is 931. The summed E-state index contributed by atoms with van der Waals surface area (Å²) in [5, 5.41) is 0. The summed E-state index contributed by atoms with van der Waals surface area (Å²) in [5.74, 6) is 2.29. The lowest BCUT2D eigenvalue weighted by molar-refractivity contribution is -0.160. The first-order valence-corrected chi connectivity index (χ1v) is 11.3. The molecule has 0 radical (unpaired) electrons. The van der Waals surface area contributed by atoms with Crippen LogP contribution in [0, 0.1) is 29.0 Å². The summed E-state index contributed by atoms with van der Waals surface area (Å²) in [6.45, 7) is 0.691. The van der Waals surface area contributed by atoms with Crippen LogP contribution in [0.2, 0.25) is 0 Å². The number of hydrogen-bond acceptors (Lipinski definition) is 1. The molecule has 4 bridgehead atoms. The monoisotopic (exact) mass is 389 g/mol. The number of amides is 1. The molecule has 7 rings (SSSR count). The molecular formula is C26H28FNO. The average molecular weight is 390 g/mol. The molecule has 0 spiro atoms. The van der Waals surface area contributed by atoms with Gasteiger partial charge in [0.05, 0.1) is 11.5 Å². The number of halogens is 1. The fraction of sp³-hybridized carbons (Fsp3) is 0.500. The molecule has 4 aliphatic carbocycles. The SMILES string of the molecule is O=C(N1CCc2ccccc2C1c1ccccc1F)C12CC3CC(CC(C3)C1)C2. The van der Waals surface area contributed by atoms with Crippen molar-refractivity contribution in [3.8, 4) is 0 Å². The number of carbonyl (C=O) groups excluding carboxylic acids is 1. The number of nitrogens with zero attached hydrogens (tertiary/aromatic N) is 1. The van der Waals surface area contributed by atoms with Crippen LogP contribution in [0.1, 0.15) is 61.3 Å². The molecule has 0 aromatic heterocycles. The minimum atomic E-state index is -0.304. The molecule has 1 atom stereocenters. The average Bonchev–Trinajstić information content (AvgIpc) is 2.72. The Hall–Kier alpha value is -2.16. The van der Waals surface area contributed by atoms with E-state index in [2.05, 4.69) is 12.1 Å². The first kappa shape index (κ1) is 17.7. The van der Waals surface area contributed by atoms with Gasteiger partial charge in [0.15, 0.2) is 0 Å². The number of fused-ring (bicyclic) bond motifs is 1. The summed E-state index contributed by atoms with van der Waals surface area (Å²) < 4.78 is 14.9. The van der Waals surface area contributed by atoms with E-state index >= 15 is 0 Å². The first-order chi connectivity index (χ1) is 14.1. The van der Waals surface area contributed by atoms with Gasteiger partial charge in [-0.1, -0.05) is 42.5 Å². The van der Waals surface area contributed by atoms with Crippen LogP contribution < -0.4 is 0 Å². The summed E-state index contributed by atoms with van der Waals surface area (Å²) in [5.41, 5.74) is 2.79. The Morgan fingerprint density at radius 2 is 1.45 bits per heavy atom. The van der Waals surface area contributed by atoms with Crippen LogP contribution in [0.15, 0.2) is 48.5 Å². The van der Waals surface area contributed by atoms with Gasteiger partial charge in [-0.05, 0) is 79.9 Å². The van der Waals surface area contributed by atoms with E-state index in [0.717, 1.165) is 49.0 Å². The molecule has 2 nitrogen and oxygen atoms in total. The zero-order valence-corrected chi connectivity index (χ0v) is 16.8. The molecule has 1 amide bonds. The summed E-state index contributed by atoms with van der Waals surface area (Å²) >= 11 is 0. The zero-order valence-electron chi connectivity index (χ0n) is 16.8. The Morgan fingerprint density at radius 3 is 2.10 bits per heavy atom. The second kappa shape index (κ2) is 6.42. The van der Waals surface area contributed by atoms with Crippen LogP contribution in [-0.2, 0) is 11.2 Å². The minimum Gasteiger partial charge on any atom is -0.331 e. The fourth-order valence-electron chi connectivity index (χ4n) is 7.49. The molecule has 1 aliphatic heterocycles. The molecule has 5 aliphatic rings. The van der Waals surface area contributed by atoms with Crippen molar-refractivity contribution >= 4 is 5.91 Å². The zero-order chi connectivity index (χ0) is 19.6. The molecule has 150 valence electrons. The quantitative estimate of drug-likeness (QED) is 0.663. The highest BCUT2D eigenvalue weighted by Gasteiger charge is 2.56. The van der Waals surface area contributed by atoms with Gasteiger partial charge in [0.1, 0.15) is 5.82 Å². The van der Waals surface area contributed by atoms with Crippen molar-refractivity contribution in [1.29, 1.82) is 0 Å². The third kappa shape index (κ3) is 2.69. The number of benzene rings is 2. The van der Waals surface area contributed by atoms with Crippen LogP contribution in [0.25, 0.3) is 0 Å². The molecule has 2 aromatic carbocycles. The van der Waals surface area contributed by atoms with Gasteiger partial charge in [-0.3, -0.25) is 4.79 Å². The van der Waals surface area contributed by atoms with E-state index in [1.165, 1.54) is 30.9 Å². The Morgan fingerprint density at radius 1 is 0.862 bits per heavy atom. The van der Waals surface area contributed by atoms with Crippen molar-refractivity contribution in [3.63, 3.8) is 0 Å². The van der Waals surface area contributed by atoms with Crippen LogP contribution in [0.3, 0.4) is 0 Å². The van der Waals surface area contributed by atoms with Crippen LogP contribution in [-0.4, -0.2) is 17.4 Å². The molecule has 4 saturated carbocycles. The second-order valence-electron chi connectivity index (χ2n) is 10.1. The Kier molecular flexibility index (Phi) is 3.91. The highest BCUT2D eigenvalue weighted by atomic mass is 19.1. The van der Waals surface area contributed by atoms with E-state index in [0.29, 0.717) is 18.0 Å². The molecule has 2 aromatic rings. The third-order valence-corrected chi connectivity index (χ3v) is 8.24. The summed E-state index contributed by atoms with van der Waals surface area (Å²) in [6, 6.07) is 15.0. The van der Waals surface area contributed by atoms with E-state index in [1.54, 1.807) is 6.07 Å². The number of rotatable bonds is 2. The van der Waals surface area contributed by atoms with Gasteiger partial charge < -0.3 is 4.90 Å². The lowest BCUT2D eigenvalue weighted by atomic mass is 9.49. The van der Waals surface area contributed by atoms with Crippen molar-refractivity contribution < 1.29 is 9.18 Å². The van der Waals surface area contributed by atoms with Crippen molar-refractivity contribution in [2.75, 3.05) is 6.54 Å². The standard InChI is InChI=1S/C26H28FNO/c27-23-8-4-3-7-22(23)24-21-6-2-1-5-20(21)9-10-28(24)25(29)26-14-17-11-18(15-26)13-19(12-17)16-26/h1-8,17-19,24H,9-16H2. The van der Waals surface area contributed by atoms with E-state index in [1.807, 2.05) is 29.2 Å². The van der Waals surface area contributed by atoms with Crippen molar-refractivity contribution in [3.05, 3.63) is 71.0 Å². The van der Waals surface area contributed by atoms with E-state index < -0.39 is 0 Å². The second-order valence-corrected chi connectivity index (χ2v) is 10.1. The summed E-state index contributed by atoms with van der Waals surface area (Å²) in [6.07, 6.45) is 8.00. The van der Waals surface area contributed by atoms with Crippen LogP contribution in [0.5, 0.6) is 0 Å². The first-order valence-electron chi connectivity index (χ1n) is 11.3. The van der Waals surface area contributed by atoms with Crippen molar-refractivity contribution in [1.82, 2.24) is 4.90 Å². The predicted molar refractivity (Wildman–Crippen MR) is 111 cm³/mol. The summed E-state index contributed by atoms with van der Waals surface area (Å²) in [7, 11) is 0. The van der Waals surface area contributed by atoms with E-state index in [4.69, 9.17) is 0 Å². The Labute approximate surface area is 172 Å². The molecule has 3 heteroatoms. The highest BCUT2D eigenvalue weighted by Crippen LogP contribution is 2.61. The summed E-state index contributed by atoms with van der Waals surface area (Å²) in [4.78, 5) is 16.2. The predicted octanol–water partition coefficient (Wildman–Crippen LogP) is 5.52. The normalized spacial score (nSPS) is 34.9. The molecule has 29 heavy (non-hydrogen) atoms. The Balaban J connectivity index is 1.43. The molecule has 1 heterocycles. The molecule has 0 N–H and O–H groups in total. The largest absolute Gasteiger partial charge is 0.331 e. The number of carbonyl (C=O) groups is 1. The fourth-order valence-corrected chi connectivity index (χ4v) is 7.49. The van der Waals surface area contributed by atoms with Crippen molar-refractivity contribution in [2.45, 2.75) is 51.0 Å². The minimum absolute atomic E-state index is 0.190. The maximum Gasteiger partial charge on any atom is 0.229 e. The van der Waals surface area contributed by atoms with Gasteiger partial charge >= 0.3 is 0 Å².